The first-order valence-corrected chi connectivity index (χ1v) is 7.32. The van der Waals surface area contributed by atoms with Gasteiger partial charge in [-0.05, 0) is 31.4 Å². The predicted molar refractivity (Wildman–Crippen MR) is 77.7 cm³/mol. The van der Waals surface area contributed by atoms with Crippen LogP contribution in [-0.4, -0.2) is 46.2 Å². The summed E-state index contributed by atoms with van der Waals surface area (Å²) >= 11 is 0. The Hall–Kier alpha value is -2.28. The van der Waals surface area contributed by atoms with E-state index in [-0.39, 0.29) is 18.6 Å². The van der Waals surface area contributed by atoms with Crippen LogP contribution in [0.2, 0.25) is 0 Å². The van der Waals surface area contributed by atoms with Crippen LogP contribution < -0.4 is 0 Å². The first-order valence-electron chi connectivity index (χ1n) is 7.32. The molecule has 7 heteroatoms. The molecule has 2 aromatic heterocycles. The molecule has 3 rings (SSSR count). The second kappa shape index (κ2) is 6.65. The molecule has 7 nitrogen and oxygen atoms in total. The van der Waals surface area contributed by atoms with Crippen molar-refractivity contribution >= 4 is 5.91 Å². The van der Waals surface area contributed by atoms with Gasteiger partial charge in [-0.1, -0.05) is 5.16 Å². The van der Waals surface area contributed by atoms with E-state index in [0.29, 0.717) is 18.3 Å². The van der Waals surface area contributed by atoms with Crippen molar-refractivity contribution in [3.8, 4) is 11.4 Å². The Morgan fingerprint density at radius 2 is 2.23 bits per heavy atom. The minimum Gasteiger partial charge on any atom is -0.375 e. The minimum atomic E-state index is -0.167. The number of likely N-dealkylation sites (tertiary alicyclic amines) is 1. The maximum absolute atomic E-state index is 12.2. The molecule has 1 aliphatic heterocycles. The second-order valence-corrected chi connectivity index (χ2v) is 5.22. The number of rotatable bonds is 4. The zero-order valence-electron chi connectivity index (χ0n) is 12.4. The molecule has 0 bridgehead atoms. The number of aromatic nitrogens is 3. The molecule has 1 atom stereocenters. The molecule has 0 aliphatic carbocycles. The normalized spacial score (nSPS) is 18.4. The standard InChI is InChI=1S/C15H18N4O3/c1-21-10-13(20)19-9-3-2-4-12(19)15-17-14(18-22-15)11-5-7-16-8-6-11/h5-8,12H,2-4,9-10H2,1H3/t12-/m1/s1. The highest BCUT2D eigenvalue weighted by Gasteiger charge is 2.32. The Kier molecular flexibility index (Phi) is 4.43. The molecule has 0 radical (unpaired) electrons. The van der Waals surface area contributed by atoms with Gasteiger partial charge in [-0.25, -0.2) is 0 Å². The number of nitrogens with zero attached hydrogens (tertiary/aromatic N) is 4. The average molecular weight is 302 g/mol. The van der Waals surface area contributed by atoms with Crippen molar-refractivity contribution in [3.05, 3.63) is 30.4 Å². The minimum absolute atomic E-state index is 0.0455. The molecule has 0 spiro atoms. The summed E-state index contributed by atoms with van der Waals surface area (Å²) in [4.78, 5) is 22.4. The van der Waals surface area contributed by atoms with Crippen molar-refractivity contribution in [2.24, 2.45) is 0 Å². The van der Waals surface area contributed by atoms with Crippen LogP contribution in [0.25, 0.3) is 11.4 Å². The second-order valence-electron chi connectivity index (χ2n) is 5.22. The van der Waals surface area contributed by atoms with Crippen LogP contribution in [0.3, 0.4) is 0 Å². The lowest BCUT2D eigenvalue weighted by Crippen LogP contribution is -2.40. The summed E-state index contributed by atoms with van der Waals surface area (Å²) in [5.41, 5.74) is 0.843. The van der Waals surface area contributed by atoms with Gasteiger partial charge in [0.05, 0.1) is 0 Å². The Bertz CT molecular complexity index is 629. The van der Waals surface area contributed by atoms with Gasteiger partial charge in [0.15, 0.2) is 0 Å². The fraction of sp³-hybridized carbons (Fsp3) is 0.467. The summed E-state index contributed by atoms with van der Waals surface area (Å²) in [6.07, 6.45) is 6.21. The highest BCUT2D eigenvalue weighted by atomic mass is 16.5. The van der Waals surface area contributed by atoms with Gasteiger partial charge in [-0.15, -0.1) is 0 Å². The molecule has 116 valence electrons. The zero-order chi connectivity index (χ0) is 15.4. The van der Waals surface area contributed by atoms with Crippen LogP contribution in [0.4, 0.5) is 0 Å². The summed E-state index contributed by atoms with van der Waals surface area (Å²) in [6, 6.07) is 3.48. The highest BCUT2D eigenvalue weighted by Crippen LogP contribution is 2.31. The fourth-order valence-corrected chi connectivity index (χ4v) is 2.68. The van der Waals surface area contributed by atoms with E-state index in [1.165, 1.54) is 7.11 Å². The van der Waals surface area contributed by atoms with Crippen molar-refractivity contribution in [1.29, 1.82) is 0 Å². The van der Waals surface area contributed by atoms with Crippen LogP contribution in [0.1, 0.15) is 31.2 Å². The summed E-state index contributed by atoms with van der Waals surface area (Å²) in [6.45, 7) is 0.766. The summed E-state index contributed by atoms with van der Waals surface area (Å²) < 4.78 is 10.4. The molecule has 0 aromatic carbocycles. The van der Waals surface area contributed by atoms with E-state index in [9.17, 15) is 4.79 Å². The Balaban J connectivity index is 1.82. The number of carbonyl (C=O) groups is 1. The van der Waals surface area contributed by atoms with Crippen LogP contribution in [0.15, 0.2) is 29.0 Å². The molecule has 3 heterocycles. The third-order valence-corrected chi connectivity index (χ3v) is 3.76. The van der Waals surface area contributed by atoms with Gasteiger partial charge in [-0.2, -0.15) is 4.98 Å². The van der Waals surface area contributed by atoms with Crippen LogP contribution in [0.5, 0.6) is 0 Å². The van der Waals surface area contributed by atoms with Gasteiger partial charge < -0.3 is 14.2 Å². The van der Waals surface area contributed by atoms with Gasteiger partial charge in [0.1, 0.15) is 12.6 Å². The maximum atomic E-state index is 12.2. The number of pyridine rings is 1. The first kappa shape index (κ1) is 14.6. The largest absolute Gasteiger partial charge is 0.375 e. The van der Waals surface area contributed by atoms with E-state index in [0.717, 1.165) is 24.8 Å². The van der Waals surface area contributed by atoms with E-state index in [1.54, 1.807) is 17.3 Å². The molecule has 0 N–H and O–H groups in total. The molecule has 2 aromatic rings. The molecule has 0 saturated carbocycles. The van der Waals surface area contributed by atoms with Crippen LogP contribution >= 0.6 is 0 Å². The third-order valence-electron chi connectivity index (χ3n) is 3.76. The Labute approximate surface area is 128 Å². The number of methoxy groups -OCH3 is 1. The van der Waals surface area contributed by atoms with Crippen LogP contribution in [-0.2, 0) is 9.53 Å². The maximum Gasteiger partial charge on any atom is 0.249 e. The number of piperidine rings is 1. The highest BCUT2D eigenvalue weighted by molar-refractivity contribution is 5.78. The van der Waals surface area contributed by atoms with Crippen molar-refractivity contribution in [1.82, 2.24) is 20.0 Å². The van der Waals surface area contributed by atoms with Crippen LogP contribution in [0, 0.1) is 0 Å². The van der Waals surface area contributed by atoms with Crippen molar-refractivity contribution in [2.45, 2.75) is 25.3 Å². The average Bonchev–Trinajstić information content (AvgIpc) is 3.06. The molecule has 1 fully saturated rings. The van der Waals surface area contributed by atoms with E-state index < -0.39 is 0 Å². The Morgan fingerprint density at radius 1 is 1.41 bits per heavy atom. The lowest BCUT2D eigenvalue weighted by atomic mass is 10.0. The topological polar surface area (TPSA) is 81.4 Å². The fourth-order valence-electron chi connectivity index (χ4n) is 2.68. The van der Waals surface area contributed by atoms with E-state index in [4.69, 9.17) is 9.26 Å². The lowest BCUT2D eigenvalue weighted by Gasteiger charge is -2.33. The number of ether oxygens (including phenoxy) is 1. The van der Waals surface area contributed by atoms with Crippen molar-refractivity contribution in [3.63, 3.8) is 0 Å². The SMILES string of the molecule is COCC(=O)N1CCCC[C@@H]1c1nc(-c2ccncc2)no1. The molecule has 0 unspecified atom stereocenters. The smallest absolute Gasteiger partial charge is 0.249 e. The molecule has 1 amide bonds. The number of amides is 1. The first-order chi connectivity index (χ1) is 10.8. The molecule has 22 heavy (non-hydrogen) atoms. The molecule has 1 aliphatic rings. The summed E-state index contributed by atoms with van der Waals surface area (Å²) in [7, 11) is 1.52. The van der Waals surface area contributed by atoms with Gasteiger partial charge in [0, 0.05) is 31.6 Å². The molecular formula is C15H18N4O3. The summed E-state index contributed by atoms with van der Waals surface area (Å²) in [5, 5.41) is 4.02. The number of hydrogen-bond acceptors (Lipinski definition) is 6. The summed E-state index contributed by atoms with van der Waals surface area (Å²) in [5.74, 6) is 0.953. The van der Waals surface area contributed by atoms with E-state index in [2.05, 4.69) is 15.1 Å². The number of hydrogen-bond donors (Lipinski definition) is 0. The quantitative estimate of drug-likeness (QED) is 0.857. The van der Waals surface area contributed by atoms with E-state index in [1.807, 2.05) is 12.1 Å². The van der Waals surface area contributed by atoms with Gasteiger partial charge in [-0.3, -0.25) is 9.78 Å². The Morgan fingerprint density at radius 3 is 3.00 bits per heavy atom. The van der Waals surface area contributed by atoms with Crippen molar-refractivity contribution < 1.29 is 14.1 Å². The monoisotopic (exact) mass is 302 g/mol. The van der Waals surface area contributed by atoms with Crippen molar-refractivity contribution in [2.75, 3.05) is 20.3 Å². The predicted octanol–water partition coefficient (Wildman–Crippen LogP) is 1.83. The third kappa shape index (κ3) is 2.99. The van der Waals surface area contributed by atoms with Gasteiger partial charge in [0.25, 0.3) is 0 Å². The zero-order valence-corrected chi connectivity index (χ0v) is 12.4. The van der Waals surface area contributed by atoms with Gasteiger partial charge >= 0.3 is 0 Å². The lowest BCUT2D eigenvalue weighted by molar-refractivity contribution is -0.139. The molecule has 1 saturated heterocycles. The van der Waals surface area contributed by atoms with Gasteiger partial charge in [0.2, 0.25) is 17.6 Å². The number of carbonyl (C=O) groups excluding carboxylic acids is 1. The molecular weight excluding hydrogens is 284 g/mol. The van der Waals surface area contributed by atoms with E-state index >= 15 is 0 Å².